The second-order valence-corrected chi connectivity index (χ2v) is 3.35. The third-order valence-electron chi connectivity index (χ3n) is 2.21. The van der Waals surface area contributed by atoms with Crippen LogP contribution in [0.25, 0.3) is 21.5 Å². The first-order valence-electron chi connectivity index (χ1n) is 5.28. The minimum absolute atomic E-state index is 0.0672. The number of carbonyl (C=O) groups is 1. The number of hydrogen-bond acceptors (Lipinski definition) is 5. The highest BCUT2D eigenvalue weighted by molar-refractivity contribution is 5.86. The molecule has 8 nitrogen and oxygen atoms in total. The predicted octanol–water partition coefficient (Wildman–Crippen LogP) is 1.94. The van der Waals surface area contributed by atoms with Crippen LogP contribution < -0.4 is 0 Å². The number of fused-ring (bicyclic) bond motifs is 1. The first-order valence-corrected chi connectivity index (χ1v) is 5.28. The molecule has 0 bridgehead atoms. The minimum atomic E-state index is -0.417. The lowest BCUT2D eigenvalue weighted by Gasteiger charge is -2.02. The van der Waals surface area contributed by atoms with E-state index in [1.165, 1.54) is 4.68 Å². The molecule has 0 amide bonds. The van der Waals surface area contributed by atoms with Gasteiger partial charge in [-0.2, -0.15) is 5.10 Å². The Morgan fingerprint density at radius 3 is 3.22 bits per heavy atom. The lowest BCUT2D eigenvalue weighted by Crippen LogP contribution is -2.14. The molecule has 0 spiro atoms. The second kappa shape index (κ2) is 5.15. The molecule has 18 heavy (non-hydrogen) atoms. The lowest BCUT2D eigenvalue weighted by atomic mass is 10.3. The minimum Gasteiger partial charge on any atom is -0.465 e. The summed E-state index contributed by atoms with van der Waals surface area (Å²) in [5.41, 5.74) is 8.93. The molecule has 0 aliphatic rings. The number of rotatable bonds is 4. The maximum atomic E-state index is 11.4. The fourth-order valence-electron chi connectivity index (χ4n) is 1.55. The van der Waals surface area contributed by atoms with Crippen molar-refractivity contribution in [1.29, 1.82) is 0 Å². The highest BCUT2D eigenvalue weighted by atomic mass is 16.5. The van der Waals surface area contributed by atoms with Gasteiger partial charge in [0.15, 0.2) is 11.5 Å². The first-order chi connectivity index (χ1) is 8.76. The van der Waals surface area contributed by atoms with E-state index >= 15 is 0 Å². The molecule has 2 aromatic rings. The van der Waals surface area contributed by atoms with Crippen LogP contribution in [0.3, 0.4) is 0 Å². The van der Waals surface area contributed by atoms with Crippen molar-refractivity contribution >= 4 is 22.8 Å². The summed E-state index contributed by atoms with van der Waals surface area (Å²) in [5, 5.41) is 8.10. The zero-order valence-electron chi connectivity index (χ0n) is 9.65. The van der Waals surface area contributed by atoms with Crippen LogP contribution in [-0.4, -0.2) is 27.3 Å². The van der Waals surface area contributed by atoms with Gasteiger partial charge in [0.2, 0.25) is 0 Å². The number of nitrogens with zero attached hydrogens (tertiary/aromatic N) is 6. The van der Waals surface area contributed by atoms with E-state index in [2.05, 4.69) is 20.1 Å². The number of pyridine rings is 1. The quantitative estimate of drug-likeness (QED) is 0.355. The van der Waals surface area contributed by atoms with E-state index in [1.807, 2.05) is 0 Å². The molecule has 0 aliphatic carbocycles. The summed E-state index contributed by atoms with van der Waals surface area (Å²) in [7, 11) is 0. The van der Waals surface area contributed by atoms with E-state index < -0.39 is 5.97 Å². The number of hydrogen-bond donors (Lipinski definition) is 0. The predicted molar refractivity (Wildman–Crippen MR) is 63.0 cm³/mol. The van der Waals surface area contributed by atoms with Crippen LogP contribution in [-0.2, 0) is 16.1 Å². The van der Waals surface area contributed by atoms with E-state index in [0.29, 0.717) is 17.6 Å². The first kappa shape index (κ1) is 11.9. The SMILES string of the molecule is CCOC(=O)Cn1nc(N=[N+]=[N-])c2cccnc21. The van der Waals surface area contributed by atoms with Crippen molar-refractivity contribution < 1.29 is 9.53 Å². The Kier molecular flexibility index (Phi) is 3.40. The molecule has 2 rings (SSSR count). The van der Waals surface area contributed by atoms with Crippen molar-refractivity contribution in [2.75, 3.05) is 6.61 Å². The van der Waals surface area contributed by atoms with Gasteiger partial charge in [0.1, 0.15) is 6.54 Å². The smallest absolute Gasteiger partial charge is 0.327 e. The number of ether oxygens (including phenoxy) is 1. The van der Waals surface area contributed by atoms with Gasteiger partial charge in [-0.1, -0.05) is 0 Å². The van der Waals surface area contributed by atoms with Gasteiger partial charge >= 0.3 is 5.97 Å². The van der Waals surface area contributed by atoms with Crippen molar-refractivity contribution in [1.82, 2.24) is 14.8 Å². The molecular formula is C10H10N6O2. The highest BCUT2D eigenvalue weighted by Crippen LogP contribution is 2.23. The molecule has 0 N–H and O–H groups in total. The number of esters is 1. The van der Waals surface area contributed by atoms with Gasteiger partial charge < -0.3 is 4.74 Å². The van der Waals surface area contributed by atoms with Crippen molar-refractivity contribution in [3.63, 3.8) is 0 Å². The molecule has 0 saturated carbocycles. The summed E-state index contributed by atoms with van der Waals surface area (Å²) in [6, 6.07) is 3.43. The number of aromatic nitrogens is 3. The van der Waals surface area contributed by atoms with Gasteiger partial charge in [-0.25, -0.2) is 9.67 Å². The average molecular weight is 246 g/mol. The summed E-state index contributed by atoms with van der Waals surface area (Å²) in [4.78, 5) is 18.2. The highest BCUT2D eigenvalue weighted by Gasteiger charge is 2.13. The second-order valence-electron chi connectivity index (χ2n) is 3.35. The van der Waals surface area contributed by atoms with E-state index in [9.17, 15) is 4.79 Å². The van der Waals surface area contributed by atoms with E-state index in [1.54, 1.807) is 25.3 Å². The average Bonchev–Trinajstić information content (AvgIpc) is 2.69. The Balaban J connectivity index is 2.44. The molecule has 2 heterocycles. The summed E-state index contributed by atoms with van der Waals surface area (Å²) in [5.74, 6) is -0.218. The Labute approximate surface area is 102 Å². The van der Waals surface area contributed by atoms with Crippen LogP contribution >= 0.6 is 0 Å². The zero-order chi connectivity index (χ0) is 13.0. The molecule has 8 heteroatoms. The van der Waals surface area contributed by atoms with E-state index in [-0.39, 0.29) is 12.4 Å². The Morgan fingerprint density at radius 2 is 2.50 bits per heavy atom. The molecule has 0 aliphatic heterocycles. The molecule has 92 valence electrons. The lowest BCUT2D eigenvalue weighted by molar-refractivity contribution is -0.143. The van der Waals surface area contributed by atoms with Gasteiger partial charge in [0, 0.05) is 16.5 Å². The third kappa shape index (κ3) is 2.23. The fraction of sp³-hybridized carbons (Fsp3) is 0.300. The van der Waals surface area contributed by atoms with Crippen LogP contribution in [0.4, 0.5) is 5.82 Å². The Bertz CT molecular complexity index is 628. The third-order valence-corrected chi connectivity index (χ3v) is 2.21. The van der Waals surface area contributed by atoms with Gasteiger partial charge in [0.05, 0.1) is 6.61 Å². The molecule has 0 saturated heterocycles. The van der Waals surface area contributed by atoms with E-state index in [0.717, 1.165) is 0 Å². The van der Waals surface area contributed by atoms with Crippen LogP contribution in [0.15, 0.2) is 23.4 Å². The van der Waals surface area contributed by atoms with Crippen molar-refractivity contribution in [3.8, 4) is 0 Å². The largest absolute Gasteiger partial charge is 0.465 e. The summed E-state index contributed by atoms with van der Waals surface area (Å²) >= 11 is 0. The molecular weight excluding hydrogens is 236 g/mol. The molecule has 0 unspecified atom stereocenters. The van der Waals surface area contributed by atoms with Crippen LogP contribution in [0.2, 0.25) is 0 Å². The van der Waals surface area contributed by atoms with Crippen LogP contribution in [0, 0.1) is 0 Å². The maximum Gasteiger partial charge on any atom is 0.327 e. The Hall–Kier alpha value is -2.60. The van der Waals surface area contributed by atoms with Crippen LogP contribution in [0.1, 0.15) is 6.92 Å². The van der Waals surface area contributed by atoms with Gasteiger partial charge in [-0.15, -0.1) is 0 Å². The summed E-state index contributed by atoms with van der Waals surface area (Å²) in [6.45, 7) is 1.96. The maximum absolute atomic E-state index is 11.4. The zero-order valence-corrected chi connectivity index (χ0v) is 9.65. The molecule has 0 radical (unpaired) electrons. The molecule has 0 aromatic carbocycles. The van der Waals surface area contributed by atoms with Gasteiger partial charge in [-0.05, 0) is 29.7 Å². The Morgan fingerprint density at radius 1 is 1.67 bits per heavy atom. The fourth-order valence-corrected chi connectivity index (χ4v) is 1.55. The van der Waals surface area contributed by atoms with Crippen molar-refractivity contribution in [3.05, 3.63) is 28.8 Å². The van der Waals surface area contributed by atoms with E-state index in [4.69, 9.17) is 10.3 Å². The molecule has 0 fully saturated rings. The number of azide groups is 1. The van der Waals surface area contributed by atoms with Crippen molar-refractivity contribution in [2.24, 2.45) is 5.11 Å². The summed E-state index contributed by atoms with van der Waals surface area (Å²) in [6.07, 6.45) is 1.57. The number of carbonyl (C=O) groups excluding carboxylic acids is 1. The molecule has 0 atom stereocenters. The monoisotopic (exact) mass is 246 g/mol. The summed E-state index contributed by atoms with van der Waals surface area (Å²) < 4.78 is 6.19. The van der Waals surface area contributed by atoms with Crippen molar-refractivity contribution in [2.45, 2.75) is 13.5 Å². The molecule has 2 aromatic heterocycles. The standard InChI is InChI=1S/C10H10N6O2/c1-2-18-8(17)6-16-10-7(4-3-5-12-10)9(14-16)13-15-11/h3-5H,2,6H2,1H3. The van der Waals surface area contributed by atoms with Gasteiger partial charge in [-0.3, -0.25) is 4.79 Å². The van der Waals surface area contributed by atoms with Gasteiger partial charge in [0.25, 0.3) is 0 Å². The van der Waals surface area contributed by atoms with Crippen LogP contribution in [0.5, 0.6) is 0 Å². The topological polar surface area (TPSA) is 106 Å². The normalized spacial score (nSPS) is 10.1.